The van der Waals surface area contributed by atoms with Crippen LogP contribution in [-0.4, -0.2) is 52.9 Å². The van der Waals surface area contributed by atoms with Gasteiger partial charge in [0.1, 0.15) is 24.0 Å². The Kier molecular flexibility index (Phi) is 9.63. The summed E-state index contributed by atoms with van der Waals surface area (Å²) in [5, 5.41) is 13.7. The molecular formula is C32H40ClFN4O4. The molecule has 3 aromatic rings. The van der Waals surface area contributed by atoms with E-state index in [4.69, 9.17) is 21.1 Å². The number of aliphatic carboxylic acids is 1. The van der Waals surface area contributed by atoms with Crippen molar-refractivity contribution < 1.29 is 23.8 Å². The SMILES string of the molecule is Cc1ncc(-c2ccc(NCCOc3ccc(F)cc3Cl)nc2)c(N2CCC(C)(C)CC2)c1[C@H](OC(C)(C)C)C(=O)O. The summed E-state index contributed by atoms with van der Waals surface area (Å²) in [7, 11) is 0. The maximum Gasteiger partial charge on any atom is 0.337 e. The fraction of sp³-hybridized carbons (Fsp3) is 0.469. The number of rotatable bonds is 10. The number of aryl methyl sites for hydroxylation is 1. The minimum Gasteiger partial charge on any atom is -0.490 e. The number of halogens is 2. The highest BCUT2D eigenvalue weighted by atomic mass is 35.5. The second kappa shape index (κ2) is 12.8. The van der Waals surface area contributed by atoms with Crippen LogP contribution in [0, 0.1) is 18.2 Å². The van der Waals surface area contributed by atoms with Gasteiger partial charge in [0, 0.05) is 47.9 Å². The van der Waals surface area contributed by atoms with Gasteiger partial charge >= 0.3 is 5.97 Å². The number of anilines is 2. The molecule has 0 bridgehead atoms. The summed E-state index contributed by atoms with van der Waals surface area (Å²) in [6, 6.07) is 7.82. The summed E-state index contributed by atoms with van der Waals surface area (Å²) < 4.78 is 25.0. The van der Waals surface area contributed by atoms with Crippen LogP contribution in [0.1, 0.15) is 64.8 Å². The van der Waals surface area contributed by atoms with Crippen LogP contribution in [0.15, 0.2) is 42.7 Å². The molecule has 1 fully saturated rings. The van der Waals surface area contributed by atoms with E-state index in [0.29, 0.717) is 36.0 Å². The Balaban J connectivity index is 1.61. The smallest absolute Gasteiger partial charge is 0.337 e. The van der Waals surface area contributed by atoms with Crippen LogP contribution >= 0.6 is 11.6 Å². The zero-order valence-electron chi connectivity index (χ0n) is 25.1. The van der Waals surface area contributed by atoms with Crippen LogP contribution in [0.4, 0.5) is 15.9 Å². The lowest BCUT2D eigenvalue weighted by atomic mass is 9.82. The third-order valence-corrected chi connectivity index (χ3v) is 7.61. The largest absolute Gasteiger partial charge is 0.490 e. The van der Waals surface area contributed by atoms with Gasteiger partial charge in [-0.25, -0.2) is 14.2 Å². The Morgan fingerprint density at radius 2 is 1.88 bits per heavy atom. The number of nitrogens with zero attached hydrogens (tertiary/aromatic N) is 3. The van der Waals surface area contributed by atoms with Gasteiger partial charge in [-0.05, 0) is 76.3 Å². The fourth-order valence-corrected chi connectivity index (χ4v) is 5.21. The number of hydrogen-bond donors (Lipinski definition) is 2. The summed E-state index contributed by atoms with van der Waals surface area (Å²) in [5.74, 6) is -0.409. The third-order valence-electron chi connectivity index (χ3n) is 7.31. The van der Waals surface area contributed by atoms with Crippen molar-refractivity contribution in [2.45, 2.75) is 66.1 Å². The molecule has 0 spiro atoms. The van der Waals surface area contributed by atoms with Crippen molar-refractivity contribution >= 4 is 29.1 Å². The summed E-state index contributed by atoms with van der Waals surface area (Å²) in [4.78, 5) is 24.1. The van der Waals surface area contributed by atoms with Crippen molar-refractivity contribution in [3.8, 4) is 16.9 Å². The Bertz CT molecular complexity index is 1400. The summed E-state index contributed by atoms with van der Waals surface area (Å²) >= 11 is 6.03. The maximum atomic E-state index is 13.3. The van der Waals surface area contributed by atoms with Crippen molar-refractivity contribution in [1.29, 1.82) is 0 Å². The molecule has 0 radical (unpaired) electrons. The molecule has 1 saturated heterocycles. The monoisotopic (exact) mass is 598 g/mol. The van der Waals surface area contributed by atoms with Crippen LogP contribution < -0.4 is 15.0 Å². The van der Waals surface area contributed by atoms with Crippen molar-refractivity contribution in [2.75, 3.05) is 36.5 Å². The Morgan fingerprint density at radius 3 is 2.48 bits per heavy atom. The van der Waals surface area contributed by atoms with E-state index in [1.807, 2.05) is 39.8 Å². The Hall–Kier alpha value is -3.43. The van der Waals surface area contributed by atoms with E-state index >= 15 is 0 Å². The van der Waals surface area contributed by atoms with Gasteiger partial charge in [0.25, 0.3) is 0 Å². The first-order valence-electron chi connectivity index (χ1n) is 14.2. The molecule has 1 aliphatic heterocycles. The highest BCUT2D eigenvalue weighted by Gasteiger charge is 2.35. The first-order valence-corrected chi connectivity index (χ1v) is 14.6. The molecule has 1 atom stereocenters. The Labute approximate surface area is 252 Å². The molecule has 0 amide bonds. The highest BCUT2D eigenvalue weighted by molar-refractivity contribution is 6.32. The van der Waals surface area contributed by atoms with Gasteiger partial charge in [-0.1, -0.05) is 25.4 Å². The summed E-state index contributed by atoms with van der Waals surface area (Å²) in [5.41, 5.74) is 3.22. The van der Waals surface area contributed by atoms with E-state index < -0.39 is 23.5 Å². The molecule has 0 saturated carbocycles. The maximum absolute atomic E-state index is 13.3. The number of carbonyl (C=O) groups is 1. The van der Waals surface area contributed by atoms with Gasteiger partial charge in [0.15, 0.2) is 6.10 Å². The second-order valence-corrected chi connectivity index (χ2v) is 12.8. The molecule has 0 unspecified atom stereocenters. The van der Waals surface area contributed by atoms with Gasteiger partial charge in [0.2, 0.25) is 0 Å². The molecule has 4 rings (SSSR count). The average Bonchev–Trinajstić information content (AvgIpc) is 2.91. The average molecular weight is 599 g/mol. The van der Waals surface area contributed by atoms with E-state index in [1.165, 1.54) is 18.2 Å². The van der Waals surface area contributed by atoms with Gasteiger partial charge in [-0.3, -0.25) is 4.98 Å². The normalized spacial score (nSPS) is 15.8. The number of ether oxygens (including phenoxy) is 2. The van der Waals surface area contributed by atoms with Crippen molar-refractivity contribution in [3.05, 3.63) is 64.8 Å². The van der Waals surface area contributed by atoms with Crippen LogP contribution in [0.3, 0.4) is 0 Å². The fourth-order valence-electron chi connectivity index (χ4n) is 4.99. The van der Waals surface area contributed by atoms with E-state index in [9.17, 15) is 14.3 Å². The van der Waals surface area contributed by atoms with Gasteiger partial charge in [-0.2, -0.15) is 0 Å². The number of carboxylic acids is 1. The van der Waals surface area contributed by atoms with Gasteiger partial charge in [-0.15, -0.1) is 0 Å². The van der Waals surface area contributed by atoms with E-state index in [-0.39, 0.29) is 10.4 Å². The number of hydrogen-bond acceptors (Lipinski definition) is 7. The standard InChI is InChI=1S/C32H40ClFN4O4/c1-20-27(29(30(39)40)42-31(2,3)4)28(38-14-11-32(5,6)12-15-38)23(19-36-20)21-7-10-26(37-18-21)35-13-16-41-25-9-8-22(34)17-24(25)33/h7-10,17-19,29H,11-16H2,1-6H3,(H,35,37)(H,39,40)/t29-/m0/s1. The highest BCUT2D eigenvalue weighted by Crippen LogP contribution is 2.43. The molecule has 10 heteroatoms. The Morgan fingerprint density at radius 1 is 1.17 bits per heavy atom. The van der Waals surface area contributed by atoms with Crippen LogP contribution in [-0.2, 0) is 9.53 Å². The van der Waals surface area contributed by atoms with E-state index in [0.717, 1.165) is 42.7 Å². The molecule has 0 aliphatic carbocycles. The number of piperidine rings is 1. The first-order chi connectivity index (χ1) is 19.7. The first kappa shape index (κ1) is 31.5. The minimum atomic E-state index is -1.18. The molecule has 42 heavy (non-hydrogen) atoms. The predicted molar refractivity (Wildman–Crippen MR) is 164 cm³/mol. The zero-order chi connectivity index (χ0) is 30.7. The lowest BCUT2D eigenvalue weighted by Gasteiger charge is -2.40. The number of pyridine rings is 2. The predicted octanol–water partition coefficient (Wildman–Crippen LogP) is 7.30. The van der Waals surface area contributed by atoms with Crippen LogP contribution in [0.2, 0.25) is 5.02 Å². The lowest BCUT2D eigenvalue weighted by molar-refractivity contribution is -0.160. The summed E-state index contributed by atoms with van der Waals surface area (Å²) in [6.07, 6.45) is 4.35. The molecular weight excluding hydrogens is 559 g/mol. The van der Waals surface area contributed by atoms with Gasteiger partial charge < -0.3 is 24.8 Å². The number of carboxylic acid groups (broad SMARTS) is 1. The summed E-state index contributed by atoms with van der Waals surface area (Å²) in [6.45, 7) is 14.3. The molecule has 8 nitrogen and oxygen atoms in total. The van der Waals surface area contributed by atoms with E-state index in [1.54, 1.807) is 12.4 Å². The van der Waals surface area contributed by atoms with Gasteiger partial charge in [0.05, 0.1) is 22.9 Å². The molecule has 1 aromatic carbocycles. The topological polar surface area (TPSA) is 96.8 Å². The molecule has 226 valence electrons. The molecule has 2 aromatic heterocycles. The molecule has 2 N–H and O–H groups in total. The lowest BCUT2D eigenvalue weighted by Crippen LogP contribution is -2.39. The molecule has 3 heterocycles. The van der Waals surface area contributed by atoms with Crippen molar-refractivity contribution in [1.82, 2.24) is 9.97 Å². The quantitative estimate of drug-likeness (QED) is 0.235. The van der Waals surface area contributed by atoms with Crippen LogP contribution in [0.25, 0.3) is 11.1 Å². The number of benzene rings is 1. The number of aromatic nitrogens is 2. The molecule has 1 aliphatic rings. The number of nitrogens with one attached hydrogen (secondary N) is 1. The third kappa shape index (κ3) is 7.89. The van der Waals surface area contributed by atoms with Crippen molar-refractivity contribution in [2.24, 2.45) is 5.41 Å². The van der Waals surface area contributed by atoms with Crippen molar-refractivity contribution in [3.63, 3.8) is 0 Å². The second-order valence-electron chi connectivity index (χ2n) is 12.4. The van der Waals surface area contributed by atoms with Crippen LogP contribution in [0.5, 0.6) is 5.75 Å². The zero-order valence-corrected chi connectivity index (χ0v) is 25.9. The minimum absolute atomic E-state index is 0.216. The van der Waals surface area contributed by atoms with E-state index in [2.05, 4.69) is 34.0 Å².